The van der Waals surface area contributed by atoms with Crippen LogP contribution in [0.4, 0.5) is 0 Å². The zero-order chi connectivity index (χ0) is 17.2. The Morgan fingerprint density at radius 1 is 1.29 bits per heavy atom. The molecule has 0 aromatic heterocycles. The molecular formula is C18H25NO5. The SMILES string of the molecule is O=C(CCc1ccc(C(=O)O)cc1)NCCCOCC1CCCO1. The highest BCUT2D eigenvalue weighted by atomic mass is 16.5. The van der Waals surface area contributed by atoms with Crippen molar-refractivity contribution < 1.29 is 24.2 Å². The molecule has 1 atom stereocenters. The first-order valence-corrected chi connectivity index (χ1v) is 8.43. The van der Waals surface area contributed by atoms with E-state index < -0.39 is 5.97 Å². The molecule has 1 unspecified atom stereocenters. The van der Waals surface area contributed by atoms with Crippen molar-refractivity contribution in [2.75, 3.05) is 26.4 Å². The van der Waals surface area contributed by atoms with Crippen molar-refractivity contribution >= 4 is 11.9 Å². The summed E-state index contributed by atoms with van der Waals surface area (Å²) in [6, 6.07) is 6.60. The lowest BCUT2D eigenvalue weighted by atomic mass is 10.1. The minimum Gasteiger partial charge on any atom is -0.478 e. The molecule has 6 heteroatoms. The smallest absolute Gasteiger partial charge is 0.335 e. The molecule has 2 N–H and O–H groups in total. The molecule has 0 spiro atoms. The zero-order valence-electron chi connectivity index (χ0n) is 13.8. The van der Waals surface area contributed by atoms with Gasteiger partial charge in [0.25, 0.3) is 0 Å². The molecule has 1 amide bonds. The van der Waals surface area contributed by atoms with E-state index in [1.807, 2.05) is 0 Å². The van der Waals surface area contributed by atoms with Gasteiger partial charge in [-0.1, -0.05) is 12.1 Å². The minimum absolute atomic E-state index is 0.00330. The molecule has 1 aromatic carbocycles. The Morgan fingerprint density at radius 2 is 2.08 bits per heavy atom. The van der Waals surface area contributed by atoms with Crippen molar-refractivity contribution in [2.45, 2.75) is 38.2 Å². The maximum absolute atomic E-state index is 11.8. The number of carboxylic acid groups (broad SMARTS) is 1. The fourth-order valence-corrected chi connectivity index (χ4v) is 2.55. The molecular weight excluding hydrogens is 310 g/mol. The van der Waals surface area contributed by atoms with Gasteiger partial charge < -0.3 is 19.9 Å². The van der Waals surface area contributed by atoms with Crippen LogP contribution in [0.3, 0.4) is 0 Å². The van der Waals surface area contributed by atoms with Gasteiger partial charge in [0.15, 0.2) is 0 Å². The lowest BCUT2D eigenvalue weighted by molar-refractivity contribution is -0.121. The number of rotatable bonds is 10. The molecule has 2 rings (SSSR count). The Labute approximate surface area is 142 Å². The summed E-state index contributed by atoms with van der Waals surface area (Å²) in [5.74, 6) is -0.947. The van der Waals surface area contributed by atoms with Crippen molar-refractivity contribution in [3.8, 4) is 0 Å². The van der Waals surface area contributed by atoms with Gasteiger partial charge in [-0.3, -0.25) is 4.79 Å². The van der Waals surface area contributed by atoms with Crippen LogP contribution in [0.15, 0.2) is 24.3 Å². The minimum atomic E-state index is -0.944. The summed E-state index contributed by atoms with van der Waals surface area (Å²) < 4.78 is 11.0. The fraction of sp³-hybridized carbons (Fsp3) is 0.556. The van der Waals surface area contributed by atoms with Gasteiger partial charge in [0, 0.05) is 26.2 Å². The van der Waals surface area contributed by atoms with Gasteiger partial charge in [-0.25, -0.2) is 4.79 Å². The van der Waals surface area contributed by atoms with E-state index in [1.54, 1.807) is 24.3 Å². The van der Waals surface area contributed by atoms with Crippen LogP contribution in [-0.4, -0.2) is 49.5 Å². The highest BCUT2D eigenvalue weighted by Gasteiger charge is 2.14. The van der Waals surface area contributed by atoms with Crippen LogP contribution in [0.2, 0.25) is 0 Å². The second-order valence-electron chi connectivity index (χ2n) is 5.92. The topological polar surface area (TPSA) is 84.9 Å². The number of hydrogen-bond acceptors (Lipinski definition) is 4. The molecule has 1 heterocycles. The normalized spacial score (nSPS) is 16.9. The Hall–Kier alpha value is -1.92. The van der Waals surface area contributed by atoms with E-state index in [1.165, 1.54) is 0 Å². The third-order valence-electron chi connectivity index (χ3n) is 3.96. The standard InChI is InChI=1S/C18H25NO5/c20-17(9-6-14-4-7-15(8-5-14)18(21)22)19-10-2-11-23-13-16-3-1-12-24-16/h4-5,7-8,16H,1-3,6,9-13H2,(H,19,20)(H,21,22). The van der Waals surface area contributed by atoms with Crippen LogP contribution in [-0.2, 0) is 20.7 Å². The predicted octanol–water partition coefficient (Wildman–Crippen LogP) is 2.02. The van der Waals surface area contributed by atoms with E-state index in [4.69, 9.17) is 14.6 Å². The quantitative estimate of drug-likeness (QED) is 0.639. The Balaban J connectivity index is 1.50. The van der Waals surface area contributed by atoms with Gasteiger partial charge in [-0.2, -0.15) is 0 Å². The highest BCUT2D eigenvalue weighted by molar-refractivity contribution is 5.87. The first kappa shape index (κ1) is 18.4. The zero-order valence-corrected chi connectivity index (χ0v) is 13.8. The lowest BCUT2D eigenvalue weighted by Gasteiger charge is -2.10. The number of aryl methyl sites for hydroxylation is 1. The number of nitrogens with one attached hydrogen (secondary N) is 1. The molecule has 0 aliphatic carbocycles. The number of carbonyl (C=O) groups is 2. The number of benzene rings is 1. The summed E-state index contributed by atoms with van der Waals surface area (Å²) in [5, 5.41) is 11.7. The van der Waals surface area contributed by atoms with Gasteiger partial charge in [0.05, 0.1) is 18.3 Å². The molecule has 1 aliphatic rings. The molecule has 0 saturated carbocycles. The summed E-state index contributed by atoms with van der Waals surface area (Å²) in [7, 11) is 0. The molecule has 132 valence electrons. The van der Waals surface area contributed by atoms with Gasteiger partial charge in [0.1, 0.15) is 0 Å². The molecule has 1 saturated heterocycles. The van der Waals surface area contributed by atoms with Gasteiger partial charge in [-0.15, -0.1) is 0 Å². The van der Waals surface area contributed by atoms with Crippen LogP contribution >= 0.6 is 0 Å². The Kier molecular flexibility index (Phi) is 7.71. The van der Waals surface area contributed by atoms with Crippen LogP contribution in [0.25, 0.3) is 0 Å². The van der Waals surface area contributed by atoms with Crippen molar-refractivity contribution in [2.24, 2.45) is 0 Å². The van der Waals surface area contributed by atoms with E-state index >= 15 is 0 Å². The van der Waals surface area contributed by atoms with Crippen LogP contribution in [0.5, 0.6) is 0 Å². The monoisotopic (exact) mass is 335 g/mol. The largest absolute Gasteiger partial charge is 0.478 e. The average molecular weight is 335 g/mol. The molecule has 24 heavy (non-hydrogen) atoms. The van der Waals surface area contributed by atoms with Crippen LogP contribution in [0, 0.1) is 0 Å². The fourth-order valence-electron chi connectivity index (χ4n) is 2.55. The Bertz CT molecular complexity index is 523. The maximum Gasteiger partial charge on any atom is 0.335 e. The number of carboxylic acids is 1. The maximum atomic E-state index is 11.8. The molecule has 1 aliphatic heterocycles. The summed E-state index contributed by atoms with van der Waals surface area (Å²) in [6.45, 7) is 2.70. The lowest BCUT2D eigenvalue weighted by Crippen LogP contribution is -2.26. The molecule has 6 nitrogen and oxygen atoms in total. The number of ether oxygens (including phenoxy) is 2. The van der Waals surface area contributed by atoms with Crippen LogP contribution < -0.4 is 5.32 Å². The first-order chi connectivity index (χ1) is 11.6. The van der Waals surface area contributed by atoms with Crippen molar-refractivity contribution in [3.05, 3.63) is 35.4 Å². The average Bonchev–Trinajstić information content (AvgIpc) is 3.10. The van der Waals surface area contributed by atoms with E-state index in [0.717, 1.165) is 31.4 Å². The molecule has 1 aromatic rings. The number of carbonyl (C=O) groups excluding carboxylic acids is 1. The second kappa shape index (κ2) is 10.1. The number of aromatic carboxylic acids is 1. The van der Waals surface area contributed by atoms with Crippen molar-refractivity contribution in [1.29, 1.82) is 0 Å². The van der Waals surface area contributed by atoms with Crippen LogP contribution in [0.1, 0.15) is 41.6 Å². The molecule has 1 fully saturated rings. The summed E-state index contributed by atoms with van der Waals surface area (Å²) in [4.78, 5) is 22.5. The predicted molar refractivity (Wildman–Crippen MR) is 89.1 cm³/mol. The third-order valence-corrected chi connectivity index (χ3v) is 3.96. The molecule has 0 radical (unpaired) electrons. The highest BCUT2D eigenvalue weighted by Crippen LogP contribution is 2.11. The van der Waals surface area contributed by atoms with Crippen molar-refractivity contribution in [1.82, 2.24) is 5.32 Å². The van der Waals surface area contributed by atoms with Gasteiger partial charge >= 0.3 is 5.97 Å². The van der Waals surface area contributed by atoms with Crippen molar-refractivity contribution in [3.63, 3.8) is 0 Å². The summed E-state index contributed by atoms with van der Waals surface area (Å²) >= 11 is 0. The van der Waals surface area contributed by atoms with Gasteiger partial charge in [-0.05, 0) is 43.4 Å². The van der Waals surface area contributed by atoms with E-state index in [0.29, 0.717) is 32.6 Å². The third kappa shape index (κ3) is 6.68. The van der Waals surface area contributed by atoms with E-state index in [2.05, 4.69) is 5.32 Å². The second-order valence-corrected chi connectivity index (χ2v) is 5.92. The van der Waals surface area contributed by atoms with E-state index in [9.17, 15) is 9.59 Å². The Morgan fingerprint density at radius 3 is 2.75 bits per heavy atom. The summed E-state index contributed by atoms with van der Waals surface area (Å²) in [6.07, 6.45) is 4.20. The van der Waals surface area contributed by atoms with Gasteiger partial charge in [0.2, 0.25) is 5.91 Å². The molecule has 0 bridgehead atoms. The summed E-state index contributed by atoms with van der Waals surface area (Å²) in [5.41, 5.74) is 1.21. The first-order valence-electron chi connectivity index (χ1n) is 8.43. The van der Waals surface area contributed by atoms with E-state index in [-0.39, 0.29) is 17.6 Å². The number of amides is 1. The number of hydrogen-bond donors (Lipinski definition) is 2.